The van der Waals surface area contributed by atoms with Crippen LogP contribution in [0.5, 0.6) is 17.4 Å². The highest BCUT2D eigenvalue weighted by molar-refractivity contribution is 5.49. The van der Waals surface area contributed by atoms with Gasteiger partial charge >= 0.3 is 0 Å². The van der Waals surface area contributed by atoms with Crippen molar-refractivity contribution in [3.8, 4) is 17.4 Å². The lowest BCUT2D eigenvalue weighted by molar-refractivity contribution is 0.173. The van der Waals surface area contributed by atoms with Gasteiger partial charge in [-0.25, -0.2) is 4.98 Å². The average molecular weight is 273 g/mol. The van der Waals surface area contributed by atoms with Gasteiger partial charge in [0.15, 0.2) is 11.5 Å². The van der Waals surface area contributed by atoms with Crippen molar-refractivity contribution in [2.75, 3.05) is 18.7 Å². The molecule has 0 spiro atoms. The highest BCUT2D eigenvalue weighted by atomic mass is 16.7. The molecule has 0 radical (unpaired) electrons. The summed E-state index contributed by atoms with van der Waals surface area (Å²) in [6, 6.07) is 7.53. The van der Waals surface area contributed by atoms with Crippen LogP contribution < -0.4 is 19.5 Å². The third kappa shape index (κ3) is 2.59. The lowest BCUT2D eigenvalue weighted by atomic mass is 10.2. The summed E-state index contributed by atoms with van der Waals surface area (Å²) in [5, 5.41) is 3.15. The van der Waals surface area contributed by atoms with Gasteiger partial charge in [-0.1, -0.05) is 12.1 Å². The smallest absolute Gasteiger partial charge is 0.231 e. The molecule has 3 rings (SSSR count). The van der Waals surface area contributed by atoms with Crippen LogP contribution in [0.3, 0.4) is 0 Å². The van der Waals surface area contributed by atoms with Gasteiger partial charge in [-0.3, -0.25) is 0 Å². The van der Waals surface area contributed by atoms with Crippen molar-refractivity contribution >= 4 is 5.95 Å². The molecule has 0 unspecified atom stereocenters. The average Bonchev–Trinajstić information content (AvgIpc) is 2.95. The molecule has 2 heterocycles. The van der Waals surface area contributed by atoms with E-state index in [0.717, 1.165) is 17.1 Å². The molecule has 1 N–H and O–H groups in total. The van der Waals surface area contributed by atoms with Crippen molar-refractivity contribution in [3.63, 3.8) is 0 Å². The van der Waals surface area contributed by atoms with Crippen LogP contribution >= 0.6 is 0 Å². The minimum absolute atomic E-state index is 0.267. The summed E-state index contributed by atoms with van der Waals surface area (Å²) in [7, 11) is 0. The summed E-state index contributed by atoms with van der Waals surface area (Å²) in [6.07, 6.45) is 1.66. The molecule has 6 heteroatoms. The number of fused-ring (bicyclic) bond motifs is 1. The number of rotatable bonds is 5. The van der Waals surface area contributed by atoms with Crippen LogP contribution in [0.2, 0.25) is 0 Å². The Kier molecular flexibility index (Phi) is 3.54. The predicted molar refractivity (Wildman–Crippen MR) is 73.1 cm³/mol. The molecule has 0 saturated heterocycles. The molecule has 0 atom stereocenters. The van der Waals surface area contributed by atoms with Crippen LogP contribution in [0, 0.1) is 0 Å². The first-order valence-corrected chi connectivity index (χ1v) is 6.44. The Hall–Kier alpha value is -2.50. The maximum Gasteiger partial charge on any atom is 0.231 e. The zero-order valence-corrected chi connectivity index (χ0v) is 11.1. The largest absolute Gasteiger partial charge is 0.478 e. The monoisotopic (exact) mass is 273 g/mol. The van der Waals surface area contributed by atoms with Crippen molar-refractivity contribution < 1.29 is 14.2 Å². The summed E-state index contributed by atoms with van der Waals surface area (Å²) in [5.41, 5.74) is 1.01. The topological polar surface area (TPSA) is 65.5 Å². The number of hydrogen-bond donors (Lipinski definition) is 1. The van der Waals surface area contributed by atoms with Crippen LogP contribution in [0.25, 0.3) is 0 Å². The van der Waals surface area contributed by atoms with E-state index in [1.807, 2.05) is 25.1 Å². The second kappa shape index (κ2) is 5.64. The molecule has 0 amide bonds. The fourth-order valence-electron chi connectivity index (χ4n) is 1.96. The zero-order chi connectivity index (χ0) is 13.8. The van der Waals surface area contributed by atoms with Gasteiger partial charge in [0.2, 0.25) is 18.6 Å². The standard InChI is InChI=1S/C14H15N3O3/c1-2-18-12-6-7-15-14(17-12)16-8-10-4-3-5-11-13(10)20-9-19-11/h3-7H,2,8-9H2,1H3,(H,15,16,17). The molecule has 0 fully saturated rings. The van der Waals surface area contributed by atoms with E-state index >= 15 is 0 Å². The number of nitrogens with one attached hydrogen (secondary N) is 1. The van der Waals surface area contributed by atoms with Crippen molar-refractivity contribution in [1.29, 1.82) is 0 Å². The van der Waals surface area contributed by atoms with Gasteiger partial charge in [-0.05, 0) is 13.0 Å². The number of aromatic nitrogens is 2. The van der Waals surface area contributed by atoms with Crippen LogP contribution in [0.15, 0.2) is 30.5 Å². The lowest BCUT2D eigenvalue weighted by Gasteiger charge is -2.08. The second-order valence-corrected chi connectivity index (χ2v) is 4.16. The number of hydrogen-bond acceptors (Lipinski definition) is 6. The van der Waals surface area contributed by atoms with Crippen LogP contribution in [-0.2, 0) is 6.54 Å². The number of para-hydroxylation sites is 1. The number of anilines is 1. The summed E-state index contributed by atoms with van der Waals surface area (Å²) in [6.45, 7) is 3.32. The number of ether oxygens (including phenoxy) is 3. The third-order valence-electron chi connectivity index (χ3n) is 2.84. The van der Waals surface area contributed by atoms with E-state index in [4.69, 9.17) is 14.2 Å². The Balaban J connectivity index is 1.71. The summed E-state index contributed by atoms with van der Waals surface area (Å²) in [5.74, 6) is 2.63. The highest BCUT2D eigenvalue weighted by Crippen LogP contribution is 2.35. The van der Waals surface area contributed by atoms with Gasteiger partial charge in [-0.2, -0.15) is 4.98 Å². The first kappa shape index (κ1) is 12.5. The van der Waals surface area contributed by atoms with Gasteiger partial charge in [0, 0.05) is 24.4 Å². The summed E-state index contributed by atoms with van der Waals surface area (Å²) < 4.78 is 16.1. The fourth-order valence-corrected chi connectivity index (χ4v) is 1.96. The van der Waals surface area contributed by atoms with E-state index in [1.54, 1.807) is 12.3 Å². The van der Waals surface area contributed by atoms with Gasteiger partial charge in [0.05, 0.1) is 6.61 Å². The predicted octanol–water partition coefficient (Wildman–Crippen LogP) is 2.22. The summed E-state index contributed by atoms with van der Waals surface area (Å²) >= 11 is 0. The minimum Gasteiger partial charge on any atom is -0.478 e. The van der Waals surface area contributed by atoms with Crippen LogP contribution in [0.1, 0.15) is 12.5 Å². The van der Waals surface area contributed by atoms with Gasteiger partial charge in [0.25, 0.3) is 0 Å². The molecule has 0 saturated carbocycles. The summed E-state index contributed by atoms with van der Waals surface area (Å²) in [4.78, 5) is 8.41. The number of nitrogens with zero attached hydrogens (tertiary/aromatic N) is 2. The molecule has 0 bridgehead atoms. The van der Waals surface area contributed by atoms with Gasteiger partial charge in [0.1, 0.15) is 0 Å². The maximum absolute atomic E-state index is 5.45. The minimum atomic E-state index is 0.267. The SMILES string of the molecule is CCOc1ccnc(NCc2cccc3c2OCO3)n1. The molecular weight excluding hydrogens is 258 g/mol. The normalized spacial score (nSPS) is 12.2. The van der Waals surface area contributed by atoms with E-state index in [-0.39, 0.29) is 6.79 Å². The van der Waals surface area contributed by atoms with Gasteiger partial charge in [-0.15, -0.1) is 0 Å². The lowest BCUT2D eigenvalue weighted by Crippen LogP contribution is -2.05. The Morgan fingerprint density at radius 3 is 3.15 bits per heavy atom. The van der Waals surface area contributed by atoms with Crippen molar-refractivity contribution in [2.24, 2.45) is 0 Å². The Morgan fingerprint density at radius 2 is 2.25 bits per heavy atom. The van der Waals surface area contributed by atoms with Crippen molar-refractivity contribution in [3.05, 3.63) is 36.0 Å². The van der Waals surface area contributed by atoms with Crippen molar-refractivity contribution in [2.45, 2.75) is 13.5 Å². The molecule has 6 nitrogen and oxygen atoms in total. The second-order valence-electron chi connectivity index (χ2n) is 4.16. The molecule has 1 aliphatic heterocycles. The first-order chi connectivity index (χ1) is 9.86. The van der Waals surface area contributed by atoms with E-state index in [2.05, 4.69) is 15.3 Å². The molecule has 104 valence electrons. The molecule has 20 heavy (non-hydrogen) atoms. The molecule has 1 aromatic carbocycles. The molecule has 1 aliphatic rings. The Morgan fingerprint density at radius 1 is 1.30 bits per heavy atom. The van der Waals surface area contributed by atoms with Crippen LogP contribution in [-0.4, -0.2) is 23.4 Å². The molecule has 1 aromatic heterocycles. The van der Waals surface area contributed by atoms with E-state index in [1.165, 1.54) is 0 Å². The molecule has 0 aliphatic carbocycles. The first-order valence-electron chi connectivity index (χ1n) is 6.44. The van der Waals surface area contributed by atoms with Gasteiger partial charge < -0.3 is 19.5 Å². The van der Waals surface area contributed by atoms with Crippen LogP contribution in [0.4, 0.5) is 5.95 Å². The maximum atomic E-state index is 5.45. The highest BCUT2D eigenvalue weighted by Gasteiger charge is 2.16. The van der Waals surface area contributed by atoms with E-state index in [0.29, 0.717) is 25.0 Å². The van der Waals surface area contributed by atoms with E-state index < -0.39 is 0 Å². The fraction of sp³-hybridized carbons (Fsp3) is 0.286. The Labute approximate surface area is 116 Å². The zero-order valence-electron chi connectivity index (χ0n) is 11.1. The van der Waals surface area contributed by atoms with E-state index in [9.17, 15) is 0 Å². The van der Waals surface area contributed by atoms with Crippen molar-refractivity contribution in [1.82, 2.24) is 9.97 Å². The molecular formula is C14H15N3O3. The number of benzene rings is 1. The Bertz CT molecular complexity index is 604. The molecule has 2 aromatic rings. The third-order valence-corrected chi connectivity index (χ3v) is 2.84. The quantitative estimate of drug-likeness (QED) is 0.901.